The van der Waals surface area contributed by atoms with E-state index in [-0.39, 0.29) is 11.2 Å². The van der Waals surface area contributed by atoms with Crippen LogP contribution in [0.5, 0.6) is 0 Å². The number of rotatable bonds is 2. The van der Waals surface area contributed by atoms with E-state index in [9.17, 15) is 8.42 Å². The van der Waals surface area contributed by atoms with Gasteiger partial charge in [-0.2, -0.15) is 0 Å². The lowest BCUT2D eigenvalue weighted by Gasteiger charge is -2.01. The molecule has 1 unspecified atom stereocenters. The van der Waals surface area contributed by atoms with Crippen LogP contribution in [0.15, 0.2) is 34.8 Å². The van der Waals surface area contributed by atoms with Gasteiger partial charge in [0.05, 0.1) is 5.25 Å². The lowest BCUT2D eigenvalue weighted by atomic mass is 10.1. The molecule has 1 aliphatic heterocycles. The molecule has 0 aromatic rings. The van der Waals surface area contributed by atoms with Crippen LogP contribution >= 0.6 is 0 Å². The highest BCUT2D eigenvalue weighted by Gasteiger charge is 2.55. The Morgan fingerprint density at radius 3 is 2.64 bits per heavy atom. The number of allylic oxidation sites excluding steroid dienone is 5. The fraction of sp³-hybridized carbons (Fsp3) is 0.455. The van der Waals surface area contributed by atoms with E-state index in [1.54, 1.807) is 13.0 Å². The molecule has 2 aliphatic rings. The highest BCUT2D eigenvalue weighted by molar-refractivity contribution is 7.96. The van der Waals surface area contributed by atoms with Crippen molar-refractivity contribution in [2.45, 2.75) is 25.5 Å². The van der Waals surface area contributed by atoms with Crippen molar-refractivity contribution >= 4 is 9.84 Å². The Hall–Kier alpha value is -0.830. The molecule has 0 bridgehead atoms. The maximum absolute atomic E-state index is 11.7. The van der Waals surface area contributed by atoms with Gasteiger partial charge in [0.2, 0.25) is 0 Å². The maximum Gasteiger partial charge on any atom is 0.178 e. The molecule has 0 aromatic heterocycles. The number of hydrogen-bond donors (Lipinski definition) is 0. The van der Waals surface area contributed by atoms with E-state index in [0.29, 0.717) is 4.91 Å². The first-order chi connectivity index (χ1) is 6.48. The molecule has 2 rings (SSSR count). The van der Waals surface area contributed by atoms with Crippen molar-refractivity contribution in [1.29, 1.82) is 0 Å². The van der Waals surface area contributed by atoms with Crippen LogP contribution in [-0.4, -0.2) is 13.7 Å². The van der Waals surface area contributed by atoms with Gasteiger partial charge in [-0.3, -0.25) is 0 Å². The molecular weight excluding hydrogens is 196 g/mol. The monoisotopic (exact) mass is 210 g/mol. The zero-order valence-corrected chi connectivity index (χ0v) is 9.26. The van der Waals surface area contributed by atoms with E-state index in [1.807, 2.05) is 13.0 Å². The van der Waals surface area contributed by atoms with Gasteiger partial charge >= 0.3 is 0 Å². The fourth-order valence-electron chi connectivity index (χ4n) is 2.01. The van der Waals surface area contributed by atoms with Gasteiger partial charge in [0.1, 0.15) is 0 Å². The highest BCUT2D eigenvalue weighted by Crippen LogP contribution is 2.53. The van der Waals surface area contributed by atoms with Crippen LogP contribution in [0.1, 0.15) is 20.3 Å². The van der Waals surface area contributed by atoms with Crippen LogP contribution in [0.4, 0.5) is 0 Å². The predicted octanol–water partition coefficient (Wildman–Crippen LogP) is 2.21. The van der Waals surface area contributed by atoms with Gasteiger partial charge in [-0.15, -0.1) is 0 Å². The van der Waals surface area contributed by atoms with Crippen LogP contribution in [0, 0.1) is 5.92 Å². The lowest BCUT2D eigenvalue weighted by molar-refractivity contribution is 0.601. The maximum atomic E-state index is 11.7. The summed E-state index contributed by atoms with van der Waals surface area (Å²) in [5.74, 6) is 0.273. The Kier molecular flexibility index (Phi) is 1.96. The molecular formula is C11H14O2S. The van der Waals surface area contributed by atoms with Crippen LogP contribution < -0.4 is 0 Å². The van der Waals surface area contributed by atoms with Crippen molar-refractivity contribution in [3.05, 3.63) is 34.8 Å². The van der Waals surface area contributed by atoms with Crippen molar-refractivity contribution in [3.63, 3.8) is 0 Å². The molecule has 76 valence electrons. The summed E-state index contributed by atoms with van der Waals surface area (Å²) in [4.78, 5) is 0.569. The van der Waals surface area contributed by atoms with E-state index >= 15 is 0 Å². The van der Waals surface area contributed by atoms with Crippen molar-refractivity contribution in [3.8, 4) is 0 Å². The van der Waals surface area contributed by atoms with Gasteiger partial charge in [0.25, 0.3) is 0 Å². The molecule has 0 aromatic carbocycles. The molecule has 0 amide bonds. The number of fused-ring (bicyclic) bond motifs is 1. The molecule has 3 heteroatoms. The first kappa shape index (κ1) is 9.71. The molecule has 2 nitrogen and oxygen atoms in total. The van der Waals surface area contributed by atoms with Gasteiger partial charge in [0.15, 0.2) is 9.84 Å². The Bertz CT molecular complexity index is 452. The summed E-state index contributed by atoms with van der Waals surface area (Å²) in [6, 6.07) is 0. The van der Waals surface area contributed by atoms with E-state index in [4.69, 9.17) is 0 Å². The highest BCUT2D eigenvalue weighted by atomic mass is 32.2. The topological polar surface area (TPSA) is 34.1 Å². The zero-order chi connectivity index (χ0) is 10.5. The third-order valence-corrected chi connectivity index (χ3v) is 5.48. The fourth-order valence-corrected chi connectivity index (χ4v) is 4.04. The van der Waals surface area contributed by atoms with Crippen LogP contribution in [0.2, 0.25) is 0 Å². The summed E-state index contributed by atoms with van der Waals surface area (Å²) in [7, 11) is -2.93. The summed E-state index contributed by atoms with van der Waals surface area (Å²) in [6.45, 7) is 7.31. The van der Waals surface area contributed by atoms with Crippen molar-refractivity contribution < 1.29 is 8.42 Å². The van der Waals surface area contributed by atoms with Gasteiger partial charge < -0.3 is 0 Å². The Morgan fingerprint density at radius 2 is 2.21 bits per heavy atom. The first-order valence-corrected chi connectivity index (χ1v) is 6.28. The Labute approximate surface area is 84.9 Å². The molecule has 0 N–H and O–H groups in total. The summed E-state index contributed by atoms with van der Waals surface area (Å²) in [5.41, 5.74) is 2.04. The quantitative estimate of drug-likeness (QED) is 0.655. The van der Waals surface area contributed by atoms with Gasteiger partial charge in [0, 0.05) is 10.8 Å². The van der Waals surface area contributed by atoms with E-state index in [2.05, 4.69) is 6.58 Å². The van der Waals surface area contributed by atoms with Crippen molar-refractivity contribution in [1.82, 2.24) is 0 Å². The number of hydrogen-bond acceptors (Lipinski definition) is 2. The molecule has 1 fully saturated rings. The second-order valence-electron chi connectivity index (χ2n) is 4.03. The van der Waals surface area contributed by atoms with E-state index < -0.39 is 9.84 Å². The minimum absolute atomic E-state index is 0.105. The summed E-state index contributed by atoms with van der Waals surface area (Å²) in [5, 5.41) is -0.105. The molecule has 0 saturated heterocycles. The second kappa shape index (κ2) is 2.83. The largest absolute Gasteiger partial charge is 0.224 e. The van der Waals surface area contributed by atoms with Crippen LogP contribution in [-0.2, 0) is 9.84 Å². The van der Waals surface area contributed by atoms with Gasteiger partial charge in [-0.05, 0) is 25.8 Å². The average Bonchev–Trinajstić information content (AvgIpc) is 2.88. The van der Waals surface area contributed by atoms with E-state index in [0.717, 1.165) is 17.6 Å². The van der Waals surface area contributed by atoms with Crippen LogP contribution in [0.3, 0.4) is 0 Å². The summed E-state index contributed by atoms with van der Waals surface area (Å²) < 4.78 is 23.4. The smallest absolute Gasteiger partial charge is 0.178 e. The Morgan fingerprint density at radius 1 is 1.57 bits per heavy atom. The molecule has 14 heavy (non-hydrogen) atoms. The van der Waals surface area contributed by atoms with Crippen LogP contribution in [0.25, 0.3) is 0 Å². The van der Waals surface area contributed by atoms with Crippen molar-refractivity contribution in [2.24, 2.45) is 5.92 Å². The molecule has 1 saturated carbocycles. The third kappa shape index (κ3) is 1.19. The predicted molar refractivity (Wildman–Crippen MR) is 57.5 cm³/mol. The molecule has 1 heterocycles. The minimum atomic E-state index is -2.93. The van der Waals surface area contributed by atoms with E-state index in [1.165, 1.54) is 0 Å². The van der Waals surface area contributed by atoms with Gasteiger partial charge in [-0.1, -0.05) is 24.3 Å². The molecule has 0 radical (unpaired) electrons. The Balaban J connectivity index is 2.47. The average molecular weight is 210 g/mol. The molecule has 2 atom stereocenters. The SMILES string of the molecule is C=C/C(C)=C\C1=C(C)S(=O)(=O)[C@@H]2CC12. The van der Waals surface area contributed by atoms with Gasteiger partial charge in [-0.25, -0.2) is 8.42 Å². The standard InChI is InChI=1S/C11H14O2S/c1-4-7(2)5-9-8(3)14(12,13)11-6-10(9)11/h4-5,10-11H,1,6H2,2-3H3/b7-5-/t10?,11-/m1/s1. The molecule has 0 spiro atoms. The third-order valence-electron chi connectivity index (χ3n) is 3.07. The first-order valence-electron chi connectivity index (χ1n) is 4.74. The minimum Gasteiger partial charge on any atom is -0.224 e. The van der Waals surface area contributed by atoms with Crippen molar-refractivity contribution in [2.75, 3.05) is 0 Å². The summed E-state index contributed by atoms with van der Waals surface area (Å²) >= 11 is 0. The number of sulfone groups is 1. The second-order valence-corrected chi connectivity index (χ2v) is 6.34. The molecule has 1 aliphatic carbocycles. The normalized spacial score (nSPS) is 34.3. The lowest BCUT2D eigenvalue weighted by Crippen LogP contribution is -2.03. The summed E-state index contributed by atoms with van der Waals surface area (Å²) in [6.07, 6.45) is 4.52. The zero-order valence-electron chi connectivity index (χ0n) is 8.45.